The van der Waals surface area contributed by atoms with Crippen LogP contribution in [0.1, 0.15) is 23.2 Å². The monoisotopic (exact) mass is 354 g/mol. The molecule has 26 heavy (non-hydrogen) atoms. The van der Waals surface area contributed by atoms with Gasteiger partial charge in [0, 0.05) is 30.4 Å². The van der Waals surface area contributed by atoms with Crippen molar-refractivity contribution in [1.29, 1.82) is 0 Å². The van der Waals surface area contributed by atoms with Crippen LogP contribution in [0.25, 0.3) is 11.3 Å². The van der Waals surface area contributed by atoms with Crippen LogP contribution >= 0.6 is 0 Å². The highest BCUT2D eigenvalue weighted by atomic mass is 16.5. The summed E-state index contributed by atoms with van der Waals surface area (Å²) in [7, 11) is 1.54. The van der Waals surface area contributed by atoms with Crippen LogP contribution in [-0.2, 0) is 4.79 Å². The number of nitrogen functional groups attached to an aromatic ring is 1. The second-order valence-electron chi connectivity index (χ2n) is 6.35. The number of ether oxygens (including phenoxy) is 1. The Morgan fingerprint density at radius 1 is 1.23 bits per heavy atom. The zero-order chi connectivity index (χ0) is 18.7. The van der Waals surface area contributed by atoms with E-state index in [2.05, 4.69) is 4.98 Å². The molecular weight excluding hydrogens is 332 g/mol. The van der Waals surface area contributed by atoms with Crippen LogP contribution in [0.2, 0.25) is 0 Å². The summed E-state index contributed by atoms with van der Waals surface area (Å²) >= 11 is 0. The zero-order valence-electron chi connectivity index (χ0n) is 14.6. The summed E-state index contributed by atoms with van der Waals surface area (Å²) < 4.78 is 5.33. The van der Waals surface area contributed by atoms with Gasteiger partial charge in [-0.15, -0.1) is 0 Å². The highest BCUT2D eigenvalue weighted by Gasteiger charge is 2.27. The third-order valence-electron chi connectivity index (χ3n) is 4.66. The number of pyridine rings is 1. The second-order valence-corrected chi connectivity index (χ2v) is 6.35. The van der Waals surface area contributed by atoms with Crippen molar-refractivity contribution in [3.05, 3.63) is 42.1 Å². The van der Waals surface area contributed by atoms with Crippen LogP contribution in [0.4, 0.5) is 5.69 Å². The van der Waals surface area contributed by atoms with E-state index in [1.165, 1.54) is 0 Å². The number of benzene rings is 1. The van der Waals surface area contributed by atoms with E-state index in [0.717, 1.165) is 18.4 Å². The van der Waals surface area contributed by atoms with Gasteiger partial charge < -0.3 is 21.1 Å². The number of hydrogen-bond donors (Lipinski definition) is 2. The molecule has 2 heterocycles. The number of piperidine rings is 1. The lowest BCUT2D eigenvalue weighted by atomic mass is 9.96. The maximum Gasteiger partial charge on any atom is 0.253 e. The molecule has 2 aromatic rings. The van der Waals surface area contributed by atoms with Crippen molar-refractivity contribution in [1.82, 2.24) is 9.88 Å². The van der Waals surface area contributed by atoms with E-state index in [1.54, 1.807) is 36.4 Å². The molecule has 7 heteroatoms. The molecule has 0 aliphatic carbocycles. The minimum absolute atomic E-state index is 0.102. The fourth-order valence-electron chi connectivity index (χ4n) is 3.23. The molecule has 0 spiro atoms. The number of nitrogens with zero attached hydrogens (tertiary/aromatic N) is 2. The number of hydrogen-bond acceptors (Lipinski definition) is 5. The van der Waals surface area contributed by atoms with Crippen LogP contribution in [0.5, 0.6) is 5.75 Å². The maximum atomic E-state index is 12.7. The van der Waals surface area contributed by atoms with Crippen molar-refractivity contribution in [3.63, 3.8) is 0 Å². The highest BCUT2D eigenvalue weighted by molar-refractivity contribution is 5.95. The molecular formula is C19H22N4O3. The van der Waals surface area contributed by atoms with Crippen molar-refractivity contribution in [2.75, 3.05) is 25.9 Å². The average Bonchev–Trinajstić information content (AvgIpc) is 2.67. The van der Waals surface area contributed by atoms with Crippen molar-refractivity contribution in [2.45, 2.75) is 12.8 Å². The Labute approximate surface area is 151 Å². The normalized spacial score (nSPS) is 17.0. The predicted octanol–water partition coefficient (Wildman–Crippen LogP) is 1.68. The molecule has 7 nitrogen and oxygen atoms in total. The Bertz CT molecular complexity index is 820. The van der Waals surface area contributed by atoms with E-state index in [9.17, 15) is 9.59 Å². The molecule has 136 valence electrons. The predicted molar refractivity (Wildman–Crippen MR) is 98.5 cm³/mol. The second kappa shape index (κ2) is 7.43. The van der Waals surface area contributed by atoms with Gasteiger partial charge in [0.1, 0.15) is 5.69 Å². The SMILES string of the molecule is COc1c(N)ccnc1-c1ccc(C(=O)N2CCCC(C(N)=O)C2)cc1. The zero-order valence-corrected chi connectivity index (χ0v) is 14.6. The molecule has 2 amide bonds. The summed E-state index contributed by atoms with van der Waals surface area (Å²) in [6, 6.07) is 8.79. The summed E-state index contributed by atoms with van der Waals surface area (Å²) in [4.78, 5) is 30.1. The fourth-order valence-corrected chi connectivity index (χ4v) is 3.23. The van der Waals surface area contributed by atoms with Gasteiger partial charge in [-0.25, -0.2) is 0 Å². The lowest BCUT2D eigenvalue weighted by Gasteiger charge is -2.31. The summed E-state index contributed by atoms with van der Waals surface area (Å²) in [6.45, 7) is 1.01. The summed E-state index contributed by atoms with van der Waals surface area (Å²) in [5.74, 6) is -0.215. The topological polar surface area (TPSA) is 112 Å². The van der Waals surface area contributed by atoms with Crippen molar-refractivity contribution in [2.24, 2.45) is 11.7 Å². The van der Waals surface area contributed by atoms with Gasteiger partial charge in [0.25, 0.3) is 5.91 Å². The Hall–Kier alpha value is -3.09. The number of carbonyl (C=O) groups excluding carboxylic acids is 2. The number of primary amides is 1. The van der Waals surface area contributed by atoms with Crippen molar-refractivity contribution < 1.29 is 14.3 Å². The molecule has 1 saturated heterocycles. The number of carbonyl (C=O) groups is 2. The van der Waals surface area contributed by atoms with E-state index in [-0.39, 0.29) is 17.7 Å². The maximum absolute atomic E-state index is 12.7. The Morgan fingerprint density at radius 2 is 1.96 bits per heavy atom. The van der Waals surface area contributed by atoms with Crippen LogP contribution in [0.15, 0.2) is 36.5 Å². The number of likely N-dealkylation sites (tertiary alicyclic amines) is 1. The summed E-state index contributed by atoms with van der Waals surface area (Å²) in [5, 5.41) is 0. The lowest BCUT2D eigenvalue weighted by molar-refractivity contribution is -0.123. The minimum atomic E-state index is -0.349. The van der Waals surface area contributed by atoms with Gasteiger partial charge in [-0.1, -0.05) is 12.1 Å². The smallest absolute Gasteiger partial charge is 0.253 e. The Balaban J connectivity index is 1.81. The molecule has 0 saturated carbocycles. The molecule has 1 aromatic carbocycles. The third-order valence-corrected chi connectivity index (χ3v) is 4.66. The molecule has 3 rings (SSSR count). The van der Waals surface area contributed by atoms with Gasteiger partial charge in [0.15, 0.2) is 5.75 Å². The first-order valence-corrected chi connectivity index (χ1v) is 8.48. The molecule has 0 radical (unpaired) electrons. The first-order valence-electron chi connectivity index (χ1n) is 8.48. The van der Waals surface area contributed by atoms with E-state index >= 15 is 0 Å². The molecule has 1 fully saturated rings. The van der Waals surface area contributed by atoms with E-state index in [4.69, 9.17) is 16.2 Å². The Morgan fingerprint density at radius 3 is 2.62 bits per heavy atom. The molecule has 0 bridgehead atoms. The van der Waals surface area contributed by atoms with E-state index < -0.39 is 0 Å². The number of amides is 2. The van der Waals surface area contributed by atoms with E-state index in [0.29, 0.717) is 35.8 Å². The number of anilines is 1. The Kier molecular flexibility index (Phi) is 5.06. The van der Waals surface area contributed by atoms with Crippen LogP contribution in [0, 0.1) is 5.92 Å². The van der Waals surface area contributed by atoms with Crippen molar-refractivity contribution in [3.8, 4) is 17.0 Å². The number of rotatable bonds is 4. The number of methoxy groups -OCH3 is 1. The highest BCUT2D eigenvalue weighted by Crippen LogP contribution is 2.32. The standard InChI is InChI=1S/C19H22N4O3/c1-26-17-15(20)8-9-22-16(17)12-4-6-13(7-5-12)19(25)23-10-2-3-14(11-23)18(21)24/h4-9,14H,2-3,10-11H2,1H3,(H2,20,22)(H2,21,24). The van der Waals surface area contributed by atoms with Crippen LogP contribution in [-0.4, -0.2) is 41.9 Å². The lowest BCUT2D eigenvalue weighted by Crippen LogP contribution is -2.44. The summed E-state index contributed by atoms with van der Waals surface area (Å²) in [6.07, 6.45) is 3.13. The molecule has 1 aromatic heterocycles. The van der Waals surface area contributed by atoms with Crippen molar-refractivity contribution >= 4 is 17.5 Å². The quantitative estimate of drug-likeness (QED) is 0.867. The molecule has 4 N–H and O–H groups in total. The summed E-state index contributed by atoms with van der Waals surface area (Å²) in [5.41, 5.74) is 13.8. The van der Waals surface area contributed by atoms with Crippen LogP contribution in [0.3, 0.4) is 0 Å². The number of nitrogens with two attached hydrogens (primary N) is 2. The van der Waals surface area contributed by atoms with Gasteiger partial charge in [0.05, 0.1) is 18.7 Å². The third kappa shape index (κ3) is 3.46. The number of aromatic nitrogens is 1. The van der Waals surface area contributed by atoms with E-state index in [1.807, 2.05) is 12.1 Å². The van der Waals surface area contributed by atoms with Gasteiger partial charge in [-0.3, -0.25) is 14.6 Å². The average molecular weight is 354 g/mol. The first kappa shape index (κ1) is 17.7. The molecule has 1 aliphatic heterocycles. The van der Waals surface area contributed by atoms with Crippen LogP contribution < -0.4 is 16.2 Å². The van der Waals surface area contributed by atoms with Gasteiger partial charge in [-0.2, -0.15) is 0 Å². The van der Waals surface area contributed by atoms with Gasteiger partial charge in [-0.05, 0) is 31.0 Å². The first-order chi connectivity index (χ1) is 12.5. The van der Waals surface area contributed by atoms with Gasteiger partial charge in [0.2, 0.25) is 5.91 Å². The minimum Gasteiger partial charge on any atom is -0.492 e. The molecule has 1 unspecified atom stereocenters. The molecule has 1 aliphatic rings. The largest absolute Gasteiger partial charge is 0.492 e. The molecule has 1 atom stereocenters. The fraction of sp³-hybridized carbons (Fsp3) is 0.316. The van der Waals surface area contributed by atoms with Gasteiger partial charge >= 0.3 is 0 Å².